The third kappa shape index (κ3) is 3.30. The Morgan fingerprint density at radius 1 is 1.19 bits per heavy atom. The van der Waals surface area contributed by atoms with E-state index in [1.807, 2.05) is 24.4 Å². The smallest absolute Gasteiger partial charge is 0.258 e. The van der Waals surface area contributed by atoms with Crippen molar-refractivity contribution in [2.75, 3.05) is 14.2 Å². The van der Waals surface area contributed by atoms with Crippen LogP contribution in [0.4, 0.5) is 0 Å². The Morgan fingerprint density at radius 3 is 2.46 bits per heavy atom. The number of pyridine rings is 1. The van der Waals surface area contributed by atoms with Crippen LogP contribution < -0.4 is 20.3 Å². The molecule has 1 aromatic carbocycles. The highest BCUT2D eigenvalue weighted by Crippen LogP contribution is 2.32. The third-order valence-corrected chi connectivity index (χ3v) is 5.06. The zero-order valence-corrected chi connectivity index (χ0v) is 15.7. The first-order chi connectivity index (χ1) is 12.6. The van der Waals surface area contributed by atoms with E-state index >= 15 is 0 Å². The van der Waals surface area contributed by atoms with Crippen LogP contribution >= 0.6 is 11.3 Å². The number of aryl methyl sites for hydroxylation is 1. The van der Waals surface area contributed by atoms with Crippen molar-refractivity contribution in [3.63, 3.8) is 0 Å². The monoisotopic (exact) mass is 372 g/mol. The summed E-state index contributed by atoms with van der Waals surface area (Å²) >= 11 is 1.58. The average molecular weight is 372 g/mol. The molecule has 26 heavy (non-hydrogen) atoms. The highest BCUT2D eigenvalue weighted by atomic mass is 32.1. The first-order valence-corrected chi connectivity index (χ1v) is 9.06. The molecule has 0 atom stereocenters. The number of nitrogens with zero attached hydrogens (tertiary/aromatic N) is 1. The Labute approximate surface area is 155 Å². The van der Waals surface area contributed by atoms with Gasteiger partial charge in [-0.05, 0) is 30.5 Å². The first kappa shape index (κ1) is 18.0. The van der Waals surface area contributed by atoms with Crippen molar-refractivity contribution in [2.24, 2.45) is 0 Å². The second-order valence-electron chi connectivity index (χ2n) is 5.65. The van der Waals surface area contributed by atoms with Crippen molar-refractivity contribution in [1.29, 1.82) is 0 Å². The minimum atomic E-state index is -0.238. The van der Waals surface area contributed by atoms with Gasteiger partial charge in [-0.1, -0.05) is 6.07 Å². The molecular formula is C19H20N2O4S. The first-order valence-electron chi connectivity index (χ1n) is 8.18. The van der Waals surface area contributed by atoms with E-state index in [9.17, 15) is 9.59 Å². The molecule has 0 aliphatic carbocycles. The summed E-state index contributed by atoms with van der Waals surface area (Å²) in [7, 11) is 3.03. The number of amides is 1. The highest BCUT2D eigenvalue weighted by molar-refractivity contribution is 7.09. The number of hydrogen-bond donors (Lipinski definition) is 1. The molecule has 3 rings (SSSR count). The Morgan fingerprint density at radius 2 is 1.88 bits per heavy atom. The molecule has 136 valence electrons. The molecule has 0 radical (unpaired) electrons. The number of nitrogens with one attached hydrogen (secondary N) is 1. The predicted molar refractivity (Wildman–Crippen MR) is 102 cm³/mol. The van der Waals surface area contributed by atoms with Crippen LogP contribution in [-0.4, -0.2) is 24.7 Å². The number of carbonyl (C=O) groups is 1. The Kier molecular flexibility index (Phi) is 5.27. The van der Waals surface area contributed by atoms with Gasteiger partial charge in [-0.25, -0.2) is 0 Å². The molecule has 1 amide bonds. The normalized spacial score (nSPS) is 10.7. The van der Waals surface area contributed by atoms with E-state index < -0.39 is 0 Å². The van der Waals surface area contributed by atoms with Gasteiger partial charge in [0, 0.05) is 23.0 Å². The number of ether oxygens (including phenoxy) is 2. The van der Waals surface area contributed by atoms with Crippen LogP contribution in [0.3, 0.4) is 0 Å². The molecule has 3 aromatic rings. The van der Waals surface area contributed by atoms with E-state index in [0.29, 0.717) is 40.9 Å². The molecule has 0 aliphatic rings. The quantitative estimate of drug-likeness (QED) is 0.722. The lowest BCUT2D eigenvalue weighted by Gasteiger charge is -2.14. The number of carbonyl (C=O) groups excluding carboxylic acids is 1. The largest absolute Gasteiger partial charge is 0.493 e. The zero-order valence-electron chi connectivity index (χ0n) is 14.9. The van der Waals surface area contributed by atoms with Crippen LogP contribution in [0, 0.1) is 0 Å². The molecule has 0 spiro atoms. The van der Waals surface area contributed by atoms with Gasteiger partial charge in [0.15, 0.2) is 11.5 Å². The number of hydrogen-bond acceptors (Lipinski definition) is 5. The average Bonchev–Trinajstić information content (AvgIpc) is 3.19. The van der Waals surface area contributed by atoms with Crippen LogP contribution in [-0.2, 0) is 13.1 Å². The fourth-order valence-corrected chi connectivity index (χ4v) is 3.45. The van der Waals surface area contributed by atoms with Crippen molar-refractivity contribution in [2.45, 2.75) is 20.0 Å². The standard InChI is InChI=1S/C19H20N2O4S/c1-4-21-11-15(18(22)20-10-12-6-5-7-26-12)13-8-16(24-2)17(25-3)9-14(13)19(21)23/h5-9,11H,4,10H2,1-3H3,(H,20,22). The van der Waals surface area contributed by atoms with Gasteiger partial charge < -0.3 is 19.4 Å². The lowest BCUT2D eigenvalue weighted by atomic mass is 10.1. The van der Waals surface area contributed by atoms with Crippen molar-refractivity contribution >= 4 is 28.0 Å². The SMILES string of the molecule is CCn1cc(C(=O)NCc2cccs2)c2cc(OC)c(OC)cc2c1=O. The fourth-order valence-electron chi connectivity index (χ4n) is 2.81. The van der Waals surface area contributed by atoms with Gasteiger partial charge in [-0.3, -0.25) is 9.59 Å². The molecule has 0 fully saturated rings. The van der Waals surface area contributed by atoms with E-state index in [2.05, 4.69) is 5.32 Å². The molecule has 7 heteroatoms. The van der Waals surface area contributed by atoms with Crippen molar-refractivity contribution in [1.82, 2.24) is 9.88 Å². The van der Waals surface area contributed by atoms with E-state index in [-0.39, 0.29) is 11.5 Å². The summed E-state index contributed by atoms with van der Waals surface area (Å²) in [6.07, 6.45) is 1.60. The number of rotatable bonds is 6. The Hall–Kier alpha value is -2.80. The predicted octanol–water partition coefficient (Wildman–Crippen LogP) is 3.03. The highest BCUT2D eigenvalue weighted by Gasteiger charge is 2.18. The number of benzene rings is 1. The molecule has 0 unspecified atom stereocenters. The molecular weight excluding hydrogens is 352 g/mol. The molecule has 2 heterocycles. The van der Waals surface area contributed by atoms with E-state index in [1.54, 1.807) is 29.7 Å². The summed E-state index contributed by atoms with van der Waals surface area (Å²) in [5.74, 6) is 0.690. The summed E-state index contributed by atoms with van der Waals surface area (Å²) in [5, 5.41) is 5.84. The molecule has 0 saturated carbocycles. The number of thiophene rings is 1. The minimum absolute atomic E-state index is 0.168. The lowest BCUT2D eigenvalue weighted by Crippen LogP contribution is -2.27. The molecule has 0 saturated heterocycles. The zero-order chi connectivity index (χ0) is 18.7. The van der Waals surface area contributed by atoms with E-state index in [0.717, 1.165) is 4.88 Å². The summed E-state index contributed by atoms with van der Waals surface area (Å²) in [5.41, 5.74) is 0.261. The number of aromatic nitrogens is 1. The summed E-state index contributed by atoms with van der Waals surface area (Å²) in [4.78, 5) is 26.5. The minimum Gasteiger partial charge on any atom is -0.493 e. The van der Waals surface area contributed by atoms with Crippen molar-refractivity contribution in [3.05, 3.63) is 56.6 Å². The van der Waals surface area contributed by atoms with Crippen LogP contribution in [0.5, 0.6) is 11.5 Å². The molecule has 0 aliphatic heterocycles. The van der Waals surface area contributed by atoms with Gasteiger partial charge >= 0.3 is 0 Å². The molecule has 6 nitrogen and oxygen atoms in total. The number of fused-ring (bicyclic) bond motifs is 1. The molecule has 2 aromatic heterocycles. The summed E-state index contributed by atoms with van der Waals surface area (Å²) in [6.45, 7) is 2.77. The summed E-state index contributed by atoms with van der Waals surface area (Å²) in [6, 6.07) is 7.20. The van der Waals surface area contributed by atoms with Gasteiger partial charge in [0.25, 0.3) is 11.5 Å². The van der Waals surface area contributed by atoms with Crippen LogP contribution in [0.2, 0.25) is 0 Å². The van der Waals surface area contributed by atoms with E-state index in [1.165, 1.54) is 18.8 Å². The van der Waals surface area contributed by atoms with Gasteiger partial charge in [0.2, 0.25) is 0 Å². The van der Waals surface area contributed by atoms with Gasteiger partial charge in [0.1, 0.15) is 0 Å². The second kappa shape index (κ2) is 7.61. The van der Waals surface area contributed by atoms with Crippen LogP contribution in [0.1, 0.15) is 22.2 Å². The third-order valence-electron chi connectivity index (χ3n) is 4.18. The fraction of sp³-hybridized carbons (Fsp3) is 0.263. The van der Waals surface area contributed by atoms with Crippen LogP contribution in [0.15, 0.2) is 40.6 Å². The topological polar surface area (TPSA) is 69.6 Å². The maximum atomic E-state index is 12.8. The Bertz CT molecular complexity index is 993. The molecule has 1 N–H and O–H groups in total. The lowest BCUT2D eigenvalue weighted by molar-refractivity contribution is 0.0952. The Balaban J connectivity index is 2.11. The second-order valence-corrected chi connectivity index (χ2v) is 6.68. The van der Waals surface area contributed by atoms with Gasteiger partial charge in [-0.15, -0.1) is 11.3 Å². The van der Waals surface area contributed by atoms with Gasteiger partial charge in [0.05, 0.1) is 31.7 Å². The van der Waals surface area contributed by atoms with Gasteiger partial charge in [-0.2, -0.15) is 0 Å². The maximum Gasteiger partial charge on any atom is 0.258 e. The summed E-state index contributed by atoms with van der Waals surface area (Å²) < 4.78 is 12.1. The maximum absolute atomic E-state index is 12.8. The van der Waals surface area contributed by atoms with E-state index in [4.69, 9.17) is 9.47 Å². The van der Waals surface area contributed by atoms with Crippen molar-refractivity contribution < 1.29 is 14.3 Å². The van der Waals surface area contributed by atoms with Crippen LogP contribution in [0.25, 0.3) is 10.8 Å². The number of methoxy groups -OCH3 is 2. The van der Waals surface area contributed by atoms with Crippen molar-refractivity contribution in [3.8, 4) is 11.5 Å². The molecule has 0 bridgehead atoms.